The van der Waals surface area contributed by atoms with E-state index in [1.54, 1.807) is 0 Å². The Labute approximate surface area is 97.3 Å². The Balaban J connectivity index is 2.42. The van der Waals surface area contributed by atoms with Gasteiger partial charge in [-0.05, 0) is 36.5 Å². The first-order valence-corrected chi connectivity index (χ1v) is 6.06. The molecule has 0 fully saturated rings. The monoisotopic (exact) mass is 217 g/mol. The second kappa shape index (κ2) is 4.28. The molecule has 0 aromatic heterocycles. The molecule has 0 saturated heterocycles. The summed E-state index contributed by atoms with van der Waals surface area (Å²) in [6.45, 7) is 7.21. The molecular weight excluding hydrogens is 198 g/mol. The average Bonchev–Trinajstić information content (AvgIpc) is 2.28. The number of hydrogen-bond donors (Lipinski definition) is 0. The molecule has 0 bridgehead atoms. The Kier molecular flexibility index (Phi) is 2.99. The van der Waals surface area contributed by atoms with E-state index in [1.165, 1.54) is 11.1 Å². The Morgan fingerprint density at radius 2 is 2.06 bits per heavy atom. The van der Waals surface area contributed by atoms with E-state index in [-0.39, 0.29) is 5.91 Å². The number of hydrogen-bond acceptors (Lipinski definition) is 1. The predicted molar refractivity (Wildman–Crippen MR) is 66.9 cm³/mol. The number of amides is 1. The maximum atomic E-state index is 11.7. The second-order valence-electron chi connectivity index (χ2n) is 4.68. The van der Waals surface area contributed by atoms with Crippen molar-refractivity contribution in [3.05, 3.63) is 29.3 Å². The van der Waals surface area contributed by atoms with Crippen molar-refractivity contribution in [2.24, 2.45) is 0 Å². The van der Waals surface area contributed by atoms with Crippen LogP contribution in [-0.2, 0) is 11.2 Å². The van der Waals surface area contributed by atoms with E-state index in [0.717, 1.165) is 18.7 Å². The Bertz CT molecular complexity index is 409. The molecule has 2 rings (SSSR count). The van der Waals surface area contributed by atoms with E-state index in [0.29, 0.717) is 12.3 Å². The molecule has 1 aliphatic rings. The number of carbonyl (C=O) groups is 1. The van der Waals surface area contributed by atoms with Crippen LogP contribution in [0.2, 0.25) is 0 Å². The summed E-state index contributed by atoms with van der Waals surface area (Å²) in [5.41, 5.74) is 3.81. The van der Waals surface area contributed by atoms with Gasteiger partial charge >= 0.3 is 0 Å². The quantitative estimate of drug-likeness (QED) is 0.745. The summed E-state index contributed by atoms with van der Waals surface area (Å²) in [6.07, 6.45) is 1.55. The fourth-order valence-electron chi connectivity index (χ4n) is 2.29. The highest BCUT2D eigenvalue weighted by Gasteiger charge is 2.22. The molecule has 0 N–H and O–H groups in total. The molecule has 2 heteroatoms. The van der Waals surface area contributed by atoms with Crippen LogP contribution in [0.1, 0.15) is 44.2 Å². The summed E-state index contributed by atoms with van der Waals surface area (Å²) in [4.78, 5) is 13.6. The van der Waals surface area contributed by atoms with Gasteiger partial charge in [0, 0.05) is 18.7 Å². The van der Waals surface area contributed by atoms with Gasteiger partial charge in [-0.1, -0.05) is 26.0 Å². The highest BCUT2D eigenvalue weighted by molar-refractivity contribution is 5.96. The van der Waals surface area contributed by atoms with Gasteiger partial charge in [-0.15, -0.1) is 0 Å². The maximum Gasteiger partial charge on any atom is 0.227 e. The average molecular weight is 217 g/mol. The number of rotatable bonds is 2. The molecule has 2 nitrogen and oxygen atoms in total. The summed E-state index contributed by atoms with van der Waals surface area (Å²) in [7, 11) is 0. The van der Waals surface area contributed by atoms with Crippen molar-refractivity contribution >= 4 is 11.6 Å². The molecule has 0 radical (unpaired) electrons. The first-order chi connectivity index (χ1) is 7.63. The van der Waals surface area contributed by atoms with Crippen LogP contribution in [-0.4, -0.2) is 12.5 Å². The molecule has 86 valence electrons. The van der Waals surface area contributed by atoms with Gasteiger partial charge < -0.3 is 4.90 Å². The number of aryl methyl sites for hydroxylation is 1. The first kappa shape index (κ1) is 11.2. The van der Waals surface area contributed by atoms with E-state index in [1.807, 2.05) is 11.8 Å². The SMILES string of the molecule is CCN1C(=O)CCc2cc(C(C)C)ccc21. The van der Waals surface area contributed by atoms with Crippen molar-refractivity contribution in [3.8, 4) is 0 Å². The van der Waals surface area contributed by atoms with Crippen LogP contribution in [0.3, 0.4) is 0 Å². The minimum absolute atomic E-state index is 0.257. The molecule has 1 aromatic rings. The zero-order valence-electron chi connectivity index (χ0n) is 10.3. The van der Waals surface area contributed by atoms with E-state index < -0.39 is 0 Å². The zero-order valence-corrected chi connectivity index (χ0v) is 10.3. The van der Waals surface area contributed by atoms with Crippen molar-refractivity contribution in [2.75, 3.05) is 11.4 Å². The summed E-state index contributed by atoms with van der Waals surface area (Å²) in [5.74, 6) is 0.810. The Morgan fingerprint density at radius 1 is 1.31 bits per heavy atom. The van der Waals surface area contributed by atoms with Crippen molar-refractivity contribution in [1.82, 2.24) is 0 Å². The zero-order chi connectivity index (χ0) is 11.7. The molecule has 0 atom stereocenters. The van der Waals surface area contributed by atoms with Gasteiger partial charge in [0.2, 0.25) is 5.91 Å². The van der Waals surface area contributed by atoms with Gasteiger partial charge in [-0.3, -0.25) is 4.79 Å². The molecule has 1 heterocycles. The van der Waals surface area contributed by atoms with Crippen LogP contribution in [0, 0.1) is 0 Å². The molecule has 1 aromatic carbocycles. The normalized spacial score (nSPS) is 15.5. The topological polar surface area (TPSA) is 20.3 Å². The highest BCUT2D eigenvalue weighted by atomic mass is 16.2. The van der Waals surface area contributed by atoms with Crippen molar-refractivity contribution in [2.45, 2.75) is 39.5 Å². The van der Waals surface area contributed by atoms with Gasteiger partial charge in [-0.2, -0.15) is 0 Å². The molecule has 1 amide bonds. The lowest BCUT2D eigenvalue weighted by Crippen LogP contribution is -2.34. The fraction of sp³-hybridized carbons (Fsp3) is 0.500. The third kappa shape index (κ3) is 1.84. The van der Waals surface area contributed by atoms with Crippen LogP contribution < -0.4 is 4.90 Å². The van der Waals surface area contributed by atoms with E-state index in [9.17, 15) is 4.79 Å². The summed E-state index contributed by atoms with van der Waals surface area (Å²) in [5, 5.41) is 0. The largest absolute Gasteiger partial charge is 0.312 e. The number of fused-ring (bicyclic) bond motifs is 1. The van der Waals surface area contributed by atoms with Crippen molar-refractivity contribution in [3.63, 3.8) is 0 Å². The number of benzene rings is 1. The van der Waals surface area contributed by atoms with Crippen LogP contribution in [0.5, 0.6) is 0 Å². The third-order valence-corrected chi connectivity index (χ3v) is 3.29. The standard InChI is InChI=1S/C14H19NO/c1-4-15-13-7-5-11(10(2)3)9-12(13)6-8-14(15)16/h5,7,9-10H,4,6,8H2,1-3H3. The molecule has 0 saturated carbocycles. The lowest BCUT2D eigenvalue weighted by Gasteiger charge is -2.29. The number of anilines is 1. The lowest BCUT2D eigenvalue weighted by atomic mass is 9.94. The van der Waals surface area contributed by atoms with Gasteiger partial charge in [0.1, 0.15) is 0 Å². The fourth-order valence-corrected chi connectivity index (χ4v) is 2.29. The first-order valence-electron chi connectivity index (χ1n) is 6.06. The van der Waals surface area contributed by atoms with Gasteiger partial charge in [0.15, 0.2) is 0 Å². The summed E-state index contributed by atoms with van der Waals surface area (Å²) >= 11 is 0. The van der Waals surface area contributed by atoms with Crippen LogP contribution in [0.25, 0.3) is 0 Å². The maximum absolute atomic E-state index is 11.7. The second-order valence-corrected chi connectivity index (χ2v) is 4.68. The molecule has 16 heavy (non-hydrogen) atoms. The van der Waals surface area contributed by atoms with Crippen LogP contribution >= 0.6 is 0 Å². The minimum Gasteiger partial charge on any atom is -0.312 e. The van der Waals surface area contributed by atoms with Crippen molar-refractivity contribution in [1.29, 1.82) is 0 Å². The van der Waals surface area contributed by atoms with E-state index >= 15 is 0 Å². The number of nitrogens with zero attached hydrogens (tertiary/aromatic N) is 1. The van der Waals surface area contributed by atoms with Crippen LogP contribution in [0.4, 0.5) is 5.69 Å². The number of carbonyl (C=O) groups excluding carboxylic acids is 1. The summed E-state index contributed by atoms with van der Waals surface area (Å²) < 4.78 is 0. The Hall–Kier alpha value is -1.31. The third-order valence-electron chi connectivity index (χ3n) is 3.29. The predicted octanol–water partition coefficient (Wildman–Crippen LogP) is 3.11. The van der Waals surface area contributed by atoms with Crippen molar-refractivity contribution < 1.29 is 4.79 Å². The van der Waals surface area contributed by atoms with E-state index in [4.69, 9.17) is 0 Å². The molecule has 1 aliphatic heterocycles. The Morgan fingerprint density at radius 3 is 2.69 bits per heavy atom. The molecule has 0 unspecified atom stereocenters. The highest BCUT2D eigenvalue weighted by Crippen LogP contribution is 2.30. The molecule has 0 aliphatic carbocycles. The smallest absolute Gasteiger partial charge is 0.227 e. The lowest BCUT2D eigenvalue weighted by molar-refractivity contribution is -0.118. The molecular formula is C14H19NO. The van der Waals surface area contributed by atoms with Crippen LogP contribution in [0.15, 0.2) is 18.2 Å². The summed E-state index contributed by atoms with van der Waals surface area (Å²) in [6, 6.07) is 6.51. The molecule has 0 spiro atoms. The van der Waals surface area contributed by atoms with Gasteiger partial charge in [0.25, 0.3) is 0 Å². The van der Waals surface area contributed by atoms with E-state index in [2.05, 4.69) is 32.0 Å². The van der Waals surface area contributed by atoms with Gasteiger partial charge in [-0.25, -0.2) is 0 Å². The van der Waals surface area contributed by atoms with Gasteiger partial charge in [0.05, 0.1) is 0 Å². The minimum atomic E-state index is 0.257.